The number of allylic oxidation sites excluding steroid dienone is 1. The molecule has 1 saturated heterocycles. The second-order valence-corrected chi connectivity index (χ2v) is 9.88. The molecule has 1 fully saturated rings. The van der Waals surface area contributed by atoms with Gasteiger partial charge in [0.05, 0.1) is 5.41 Å². The van der Waals surface area contributed by atoms with Crippen molar-refractivity contribution in [2.45, 2.75) is 18.9 Å². The molecule has 0 radical (unpaired) electrons. The number of benzene rings is 3. The zero-order valence-electron chi connectivity index (χ0n) is 18.1. The summed E-state index contributed by atoms with van der Waals surface area (Å²) in [5.41, 5.74) is 3.21. The lowest BCUT2D eigenvalue weighted by Gasteiger charge is -2.42. The van der Waals surface area contributed by atoms with Crippen molar-refractivity contribution in [2.24, 2.45) is 11.3 Å². The van der Waals surface area contributed by atoms with Crippen molar-refractivity contribution >= 4 is 34.7 Å². The molecule has 1 aliphatic carbocycles. The first kappa shape index (κ1) is 22.2. The van der Waals surface area contributed by atoms with Crippen molar-refractivity contribution < 1.29 is 9.90 Å². The molecule has 2 aliphatic rings. The number of aliphatic carboxylic acids is 1. The first-order valence-corrected chi connectivity index (χ1v) is 11.9. The highest BCUT2D eigenvalue weighted by Gasteiger charge is 2.59. The molecule has 1 aliphatic heterocycles. The Morgan fingerprint density at radius 2 is 1.67 bits per heavy atom. The molecule has 5 rings (SSSR count). The minimum absolute atomic E-state index is 0.114. The molecule has 1 N–H and O–H groups in total. The van der Waals surface area contributed by atoms with Crippen molar-refractivity contribution in [3.8, 4) is 0 Å². The maximum Gasteiger partial charge on any atom is 0.312 e. The van der Waals surface area contributed by atoms with Gasteiger partial charge in [-0.25, -0.2) is 0 Å². The highest BCUT2D eigenvalue weighted by atomic mass is 35.5. The van der Waals surface area contributed by atoms with Gasteiger partial charge in [0, 0.05) is 41.5 Å². The Balaban J connectivity index is 1.61. The highest BCUT2D eigenvalue weighted by molar-refractivity contribution is 6.35. The Kier molecular flexibility index (Phi) is 6.05. The van der Waals surface area contributed by atoms with Crippen LogP contribution in [0.25, 0.3) is 5.57 Å². The molecule has 33 heavy (non-hydrogen) atoms. The maximum absolute atomic E-state index is 13.1. The second-order valence-electron chi connectivity index (χ2n) is 9.04. The second kappa shape index (κ2) is 8.98. The number of carbonyl (C=O) groups is 1. The van der Waals surface area contributed by atoms with Crippen LogP contribution in [-0.2, 0) is 11.3 Å². The molecule has 168 valence electrons. The molecule has 5 heteroatoms. The number of hydrogen-bond acceptors (Lipinski definition) is 2. The summed E-state index contributed by atoms with van der Waals surface area (Å²) in [6.07, 6.45) is 2.85. The molecule has 3 aromatic rings. The molecule has 0 aromatic heterocycles. The van der Waals surface area contributed by atoms with E-state index in [1.165, 1.54) is 5.56 Å². The predicted molar refractivity (Wildman–Crippen MR) is 134 cm³/mol. The minimum atomic E-state index is -0.941. The van der Waals surface area contributed by atoms with Gasteiger partial charge in [0.2, 0.25) is 0 Å². The highest BCUT2D eigenvalue weighted by Crippen LogP contribution is 2.57. The molecule has 1 heterocycles. The average Bonchev–Trinajstić information content (AvgIpc) is 3.20. The lowest BCUT2D eigenvalue weighted by Crippen LogP contribution is -2.46. The van der Waals surface area contributed by atoms with Crippen molar-refractivity contribution in [2.75, 3.05) is 13.1 Å². The summed E-state index contributed by atoms with van der Waals surface area (Å²) >= 11 is 12.8. The van der Waals surface area contributed by atoms with E-state index in [-0.39, 0.29) is 11.8 Å². The predicted octanol–water partition coefficient (Wildman–Crippen LogP) is 6.77. The molecule has 3 aromatic carbocycles. The van der Waals surface area contributed by atoms with Crippen LogP contribution in [0, 0.1) is 11.3 Å². The van der Waals surface area contributed by atoms with Crippen LogP contribution < -0.4 is 0 Å². The van der Waals surface area contributed by atoms with Crippen LogP contribution in [-0.4, -0.2) is 29.1 Å². The van der Waals surface area contributed by atoms with E-state index >= 15 is 0 Å². The number of fused-ring (bicyclic) bond motifs is 1. The van der Waals surface area contributed by atoms with Crippen LogP contribution in [0.1, 0.15) is 29.0 Å². The van der Waals surface area contributed by atoms with Crippen molar-refractivity contribution in [1.29, 1.82) is 0 Å². The van der Waals surface area contributed by atoms with Crippen LogP contribution in [0.4, 0.5) is 0 Å². The van der Waals surface area contributed by atoms with Gasteiger partial charge in [-0.2, -0.15) is 0 Å². The SMILES string of the molecule is O=C(O)C12CN(Cc3ccccc3)CC1C(c1ccc(Cl)cc1Cl)=CCC2c1ccccc1. The first-order valence-electron chi connectivity index (χ1n) is 11.2. The number of nitrogens with zero attached hydrogens (tertiary/aromatic N) is 1. The maximum atomic E-state index is 13.1. The van der Waals surface area contributed by atoms with E-state index in [2.05, 4.69) is 35.2 Å². The van der Waals surface area contributed by atoms with E-state index in [1.54, 1.807) is 6.07 Å². The molecular formula is C28H25Cl2NO2. The topological polar surface area (TPSA) is 40.5 Å². The Hall–Kier alpha value is -2.59. The van der Waals surface area contributed by atoms with Gasteiger partial charge in [-0.15, -0.1) is 0 Å². The molecule has 0 bridgehead atoms. The summed E-state index contributed by atoms with van der Waals surface area (Å²) in [6.45, 7) is 1.87. The summed E-state index contributed by atoms with van der Waals surface area (Å²) in [5.74, 6) is -1.04. The Morgan fingerprint density at radius 1 is 0.970 bits per heavy atom. The summed E-state index contributed by atoms with van der Waals surface area (Å²) in [6, 6.07) is 25.8. The number of carboxylic acids is 1. The number of rotatable bonds is 5. The smallest absolute Gasteiger partial charge is 0.312 e. The monoisotopic (exact) mass is 477 g/mol. The fourth-order valence-electron chi connectivity index (χ4n) is 5.76. The van der Waals surface area contributed by atoms with Crippen LogP contribution in [0.15, 0.2) is 84.9 Å². The van der Waals surface area contributed by atoms with Crippen LogP contribution in [0.3, 0.4) is 0 Å². The molecule has 0 amide bonds. The molecular weight excluding hydrogens is 453 g/mol. The van der Waals surface area contributed by atoms with E-state index in [1.807, 2.05) is 48.5 Å². The van der Waals surface area contributed by atoms with Gasteiger partial charge < -0.3 is 5.11 Å². The summed E-state index contributed by atoms with van der Waals surface area (Å²) in [7, 11) is 0. The number of carboxylic acid groups (broad SMARTS) is 1. The van der Waals surface area contributed by atoms with Gasteiger partial charge in [-0.3, -0.25) is 9.69 Å². The molecule has 0 spiro atoms. The molecule has 3 nitrogen and oxygen atoms in total. The van der Waals surface area contributed by atoms with Crippen molar-refractivity contribution in [1.82, 2.24) is 4.90 Å². The third-order valence-corrected chi connectivity index (χ3v) is 7.76. The fourth-order valence-corrected chi connectivity index (χ4v) is 6.28. The van der Waals surface area contributed by atoms with E-state index < -0.39 is 11.4 Å². The average molecular weight is 478 g/mol. The molecule has 0 saturated carbocycles. The standard InChI is InChI=1S/C28H25Cl2NO2/c29-21-11-12-23(26(30)15-21)22-13-14-24(20-9-5-2-6-10-20)28(27(32)33)18-31(17-25(22)28)16-19-7-3-1-4-8-19/h1-13,15,24-25H,14,16-18H2,(H,32,33). The van der Waals surface area contributed by atoms with Gasteiger partial charge in [-0.1, -0.05) is 96.0 Å². The van der Waals surface area contributed by atoms with Crippen molar-refractivity contribution in [3.05, 3.63) is 112 Å². The fraction of sp³-hybridized carbons (Fsp3) is 0.250. The summed E-state index contributed by atoms with van der Waals surface area (Å²) < 4.78 is 0. The number of likely N-dealkylation sites (tertiary alicyclic amines) is 1. The van der Waals surface area contributed by atoms with Crippen LogP contribution >= 0.6 is 23.2 Å². The van der Waals surface area contributed by atoms with Gasteiger partial charge in [0.1, 0.15) is 0 Å². The van der Waals surface area contributed by atoms with Crippen LogP contribution in [0.2, 0.25) is 10.0 Å². The van der Waals surface area contributed by atoms with Crippen LogP contribution in [0.5, 0.6) is 0 Å². The van der Waals surface area contributed by atoms with Gasteiger partial charge in [0.25, 0.3) is 0 Å². The summed E-state index contributed by atoms with van der Waals surface area (Å²) in [4.78, 5) is 15.4. The third-order valence-electron chi connectivity index (χ3n) is 7.21. The number of halogens is 2. The Morgan fingerprint density at radius 3 is 2.33 bits per heavy atom. The third kappa shape index (κ3) is 3.99. The quantitative estimate of drug-likeness (QED) is 0.440. The van der Waals surface area contributed by atoms with Gasteiger partial charge in [-0.05, 0) is 40.8 Å². The molecule has 3 atom stereocenters. The Labute approximate surface area is 204 Å². The molecule has 3 unspecified atom stereocenters. The van der Waals surface area contributed by atoms with Gasteiger partial charge >= 0.3 is 5.97 Å². The zero-order chi connectivity index (χ0) is 23.0. The lowest BCUT2D eigenvalue weighted by atomic mass is 9.59. The van der Waals surface area contributed by atoms with E-state index in [0.717, 1.165) is 23.2 Å². The number of hydrogen-bond donors (Lipinski definition) is 1. The normalized spacial score (nSPS) is 24.8. The van der Waals surface area contributed by atoms with E-state index in [9.17, 15) is 9.90 Å². The van der Waals surface area contributed by atoms with Crippen molar-refractivity contribution in [3.63, 3.8) is 0 Å². The zero-order valence-corrected chi connectivity index (χ0v) is 19.6. The first-order chi connectivity index (χ1) is 16.0. The largest absolute Gasteiger partial charge is 0.481 e. The Bertz CT molecular complexity index is 1200. The lowest BCUT2D eigenvalue weighted by molar-refractivity contribution is -0.151. The van der Waals surface area contributed by atoms with E-state index in [4.69, 9.17) is 23.2 Å². The van der Waals surface area contributed by atoms with Gasteiger partial charge in [0.15, 0.2) is 0 Å². The minimum Gasteiger partial charge on any atom is -0.481 e. The van der Waals surface area contributed by atoms with E-state index in [0.29, 0.717) is 29.6 Å². The summed E-state index contributed by atoms with van der Waals surface area (Å²) in [5, 5.41) is 11.9.